The monoisotopic (exact) mass is 338 g/mol. The Bertz CT molecular complexity index is 423. The molecule has 1 atom stereocenters. The maximum Gasteiger partial charge on any atom is 0.220 e. The van der Waals surface area contributed by atoms with Crippen LogP contribution in [0.4, 0.5) is 0 Å². The van der Waals surface area contributed by atoms with Gasteiger partial charge in [0.25, 0.3) is 0 Å². The van der Waals surface area contributed by atoms with E-state index < -0.39 is 0 Å². The van der Waals surface area contributed by atoms with E-state index in [2.05, 4.69) is 24.3 Å². The third kappa shape index (κ3) is 8.29. The fourth-order valence-electron chi connectivity index (χ4n) is 2.34. The number of aromatic nitrogens is 2. The lowest BCUT2D eigenvalue weighted by Crippen LogP contribution is -2.52. The standard InChI is InChI=1S/C14H26N4O.2ClH/c1-11(2)7-14(3,10-15)17-13(19)6-5-12-8-16-18(4)9-12;;/h8-9,11H,5-7,10,15H2,1-4H3,(H,17,19);2*1H. The van der Waals surface area contributed by atoms with Crippen LogP contribution in [0.3, 0.4) is 0 Å². The topological polar surface area (TPSA) is 72.9 Å². The molecule has 0 aliphatic heterocycles. The van der Waals surface area contributed by atoms with Gasteiger partial charge >= 0.3 is 0 Å². The second-order valence-corrected chi connectivity index (χ2v) is 5.93. The minimum Gasteiger partial charge on any atom is -0.350 e. The molecule has 0 radical (unpaired) electrons. The number of nitrogens with two attached hydrogens (primary N) is 1. The van der Waals surface area contributed by atoms with Gasteiger partial charge in [0.2, 0.25) is 5.91 Å². The highest BCUT2D eigenvalue weighted by atomic mass is 35.5. The van der Waals surface area contributed by atoms with Crippen LogP contribution >= 0.6 is 24.8 Å². The molecule has 1 unspecified atom stereocenters. The van der Waals surface area contributed by atoms with E-state index in [1.54, 1.807) is 10.9 Å². The van der Waals surface area contributed by atoms with Gasteiger partial charge in [-0.3, -0.25) is 9.48 Å². The third-order valence-corrected chi connectivity index (χ3v) is 3.15. The molecule has 1 aromatic heterocycles. The van der Waals surface area contributed by atoms with E-state index in [4.69, 9.17) is 5.73 Å². The summed E-state index contributed by atoms with van der Waals surface area (Å²) in [5, 5.41) is 7.15. The maximum atomic E-state index is 12.0. The molecule has 1 aromatic rings. The lowest BCUT2D eigenvalue weighted by molar-refractivity contribution is -0.122. The zero-order valence-corrected chi connectivity index (χ0v) is 14.9. The molecule has 0 saturated carbocycles. The van der Waals surface area contributed by atoms with Crippen LogP contribution in [0.5, 0.6) is 0 Å². The molecule has 0 aromatic carbocycles. The molecule has 3 N–H and O–H groups in total. The summed E-state index contributed by atoms with van der Waals surface area (Å²) < 4.78 is 1.75. The normalized spacial score (nSPS) is 13.0. The number of hydrogen-bond donors (Lipinski definition) is 2. The summed E-state index contributed by atoms with van der Waals surface area (Å²) in [7, 11) is 1.87. The first kappa shape index (κ1) is 22.5. The van der Waals surface area contributed by atoms with E-state index in [0.717, 1.165) is 12.0 Å². The van der Waals surface area contributed by atoms with E-state index >= 15 is 0 Å². The molecule has 7 heteroatoms. The van der Waals surface area contributed by atoms with Crippen molar-refractivity contribution in [2.45, 2.75) is 45.6 Å². The molecule has 0 bridgehead atoms. The molecule has 0 fully saturated rings. The number of nitrogens with one attached hydrogen (secondary N) is 1. The van der Waals surface area contributed by atoms with E-state index in [0.29, 0.717) is 25.3 Å². The Labute approximate surface area is 139 Å². The van der Waals surface area contributed by atoms with Crippen molar-refractivity contribution in [3.63, 3.8) is 0 Å². The summed E-state index contributed by atoms with van der Waals surface area (Å²) in [6, 6.07) is 0. The predicted octanol–water partition coefficient (Wildman–Crippen LogP) is 2.08. The number of aryl methyl sites for hydroxylation is 2. The molecule has 1 amide bonds. The highest BCUT2D eigenvalue weighted by molar-refractivity contribution is 5.85. The summed E-state index contributed by atoms with van der Waals surface area (Å²) in [4.78, 5) is 12.0. The van der Waals surface area contributed by atoms with E-state index in [1.807, 2.05) is 20.2 Å². The largest absolute Gasteiger partial charge is 0.350 e. The number of amides is 1. The van der Waals surface area contributed by atoms with Crippen molar-refractivity contribution in [3.8, 4) is 0 Å². The van der Waals surface area contributed by atoms with Gasteiger partial charge in [-0.15, -0.1) is 24.8 Å². The predicted molar refractivity (Wildman–Crippen MR) is 91.1 cm³/mol. The minimum atomic E-state index is -0.305. The SMILES string of the molecule is CC(C)CC(C)(CN)NC(=O)CCc1cnn(C)c1.Cl.Cl. The summed E-state index contributed by atoms with van der Waals surface area (Å²) in [6.45, 7) is 6.74. The first-order chi connectivity index (χ1) is 8.84. The number of nitrogens with zero attached hydrogens (tertiary/aromatic N) is 2. The molecule has 0 spiro atoms. The number of rotatable bonds is 7. The van der Waals surface area contributed by atoms with Crippen molar-refractivity contribution >= 4 is 30.7 Å². The van der Waals surface area contributed by atoms with Crippen molar-refractivity contribution in [1.29, 1.82) is 0 Å². The minimum absolute atomic E-state index is 0. The molecule has 1 heterocycles. The van der Waals surface area contributed by atoms with Gasteiger partial charge in [-0.1, -0.05) is 13.8 Å². The van der Waals surface area contributed by atoms with Crippen LogP contribution in [0.1, 0.15) is 39.2 Å². The van der Waals surface area contributed by atoms with Gasteiger partial charge in [0, 0.05) is 31.7 Å². The zero-order valence-electron chi connectivity index (χ0n) is 13.3. The molecule has 0 aliphatic carbocycles. The van der Waals surface area contributed by atoms with Gasteiger partial charge < -0.3 is 11.1 Å². The van der Waals surface area contributed by atoms with Crippen molar-refractivity contribution in [1.82, 2.24) is 15.1 Å². The van der Waals surface area contributed by atoms with Gasteiger partial charge in [0.1, 0.15) is 0 Å². The number of hydrogen-bond acceptors (Lipinski definition) is 3. The Hall–Kier alpha value is -0.780. The number of carbonyl (C=O) groups is 1. The second-order valence-electron chi connectivity index (χ2n) is 5.93. The van der Waals surface area contributed by atoms with Gasteiger partial charge in [0.15, 0.2) is 0 Å². The lowest BCUT2D eigenvalue weighted by atomic mass is 9.90. The van der Waals surface area contributed by atoms with Crippen molar-refractivity contribution in [2.24, 2.45) is 18.7 Å². The highest BCUT2D eigenvalue weighted by Crippen LogP contribution is 2.15. The quantitative estimate of drug-likeness (QED) is 0.799. The second kappa shape index (κ2) is 10.0. The first-order valence-corrected chi connectivity index (χ1v) is 6.83. The van der Waals surface area contributed by atoms with Crippen molar-refractivity contribution in [3.05, 3.63) is 18.0 Å². The van der Waals surface area contributed by atoms with Gasteiger partial charge in [-0.05, 0) is 31.2 Å². The summed E-state index contributed by atoms with van der Waals surface area (Å²) in [5.41, 5.74) is 6.56. The fourth-order valence-corrected chi connectivity index (χ4v) is 2.34. The van der Waals surface area contributed by atoms with E-state index in [9.17, 15) is 4.79 Å². The smallest absolute Gasteiger partial charge is 0.220 e. The van der Waals surface area contributed by atoms with Crippen LogP contribution in [0.25, 0.3) is 0 Å². The summed E-state index contributed by atoms with van der Waals surface area (Å²) >= 11 is 0. The maximum absolute atomic E-state index is 12.0. The van der Waals surface area contributed by atoms with Crippen LogP contribution in [-0.2, 0) is 18.3 Å². The molecule has 5 nitrogen and oxygen atoms in total. The Morgan fingerprint density at radius 2 is 2.10 bits per heavy atom. The molecular formula is C14H28Cl2N4O. The lowest BCUT2D eigenvalue weighted by Gasteiger charge is -2.31. The fraction of sp³-hybridized carbons (Fsp3) is 0.714. The van der Waals surface area contributed by atoms with Crippen molar-refractivity contribution < 1.29 is 4.79 Å². The number of halogens is 2. The van der Waals surface area contributed by atoms with E-state index in [1.165, 1.54) is 0 Å². The van der Waals surface area contributed by atoms with Crippen molar-refractivity contribution in [2.75, 3.05) is 6.54 Å². The average molecular weight is 339 g/mol. The first-order valence-electron chi connectivity index (χ1n) is 6.83. The molecule has 124 valence electrons. The Morgan fingerprint density at radius 3 is 2.52 bits per heavy atom. The molecule has 21 heavy (non-hydrogen) atoms. The van der Waals surface area contributed by atoms with E-state index in [-0.39, 0.29) is 36.3 Å². The molecule has 0 saturated heterocycles. The third-order valence-electron chi connectivity index (χ3n) is 3.15. The Morgan fingerprint density at radius 1 is 1.48 bits per heavy atom. The van der Waals surface area contributed by atoms with Crippen LogP contribution in [0, 0.1) is 5.92 Å². The van der Waals surface area contributed by atoms with Crippen LogP contribution in [-0.4, -0.2) is 27.8 Å². The van der Waals surface area contributed by atoms with Crippen LogP contribution < -0.4 is 11.1 Å². The summed E-state index contributed by atoms with van der Waals surface area (Å²) in [6.07, 6.45) is 5.80. The van der Waals surface area contributed by atoms with Crippen LogP contribution in [0.2, 0.25) is 0 Å². The van der Waals surface area contributed by atoms with Gasteiger partial charge in [0.05, 0.1) is 6.20 Å². The van der Waals surface area contributed by atoms with Crippen LogP contribution in [0.15, 0.2) is 12.4 Å². The Balaban J connectivity index is 0. The highest BCUT2D eigenvalue weighted by Gasteiger charge is 2.25. The summed E-state index contributed by atoms with van der Waals surface area (Å²) in [5.74, 6) is 0.560. The Kier molecular flexibility index (Phi) is 10.7. The zero-order chi connectivity index (χ0) is 14.5. The molecule has 0 aliphatic rings. The molecule has 1 rings (SSSR count). The average Bonchev–Trinajstić information content (AvgIpc) is 2.71. The number of carbonyl (C=O) groups excluding carboxylic acids is 1. The van der Waals surface area contributed by atoms with Gasteiger partial charge in [-0.2, -0.15) is 5.10 Å². The molecular weight excluding hydrogens is 311 g/mol. The van der Waals surface area contributed by atoms with Gasteiger partial charge in [-0.25, -0.2) is 0 Å².